The van der Waals surface area contributed by atoms with E-state index in [0.717, 1.165) is 25.2 Å². The first kappa shape index (κ1) is 17.8. The fourth-order valence-corrected chi connectivity index (χ4v) is 4.07. The van der Waals surface area contributed by atoms with Crippen LogP contribution in [0.3, 0.4) is 0 Å². The Labute approximate surface area is 160 Å². The molecule has 0 bridgehead atoms. The number of fused-ring (bicyclic) bond motifs is 1. The first-order valence-corrected chi connectivity index (χ1v) is 9.89. The number of carbonyl (C=O) groups is 2. The van der Waals surface area contributed by atoms with Crippen molar-refractivity contribution in [2.75, 3.05) is 13.2 Å². The highest BCUT2D eigenvalue weighted by molar-refractivity contribution is 6.21. The van der Waals surface area contributed by atoms with E-state index in [-0.39, 0.29) is 11.8 Å². The van der Waals surface area contributed by atoms with E-state index in [1.807, 2.05) is 12.1 Å². The van der Waals surface area contributed by atoms with Gasteiger partial charge in [0.2, 0.25) is 0 Å². The molecule has 4 rings (SSSR count). The number of amides is 2. The van der Waals surface area contributed by atoms with Crippen molar-refractivity contribution in [1.29, 1.82) is 0 Å². The monoisotopic (exact) mass is 363 g/mol. The van der Waals surface area contributed by atoms with E-state index in [2.05, 4.69) is 12.1 Å². The Morgan fingerprint density at radius 1 is 0.926 bits per heavy atom. The molecule has 0 N–H and O–H groups in total. The van der Waals surface area contributed by atoms with E-state index in [1.54, 1.807) is 24.3 Å². The molecule has 0 radical (unpaired) electrons. The van der Waals surface area contributed by atoms with Crippen molar-refractivity contribution >= 4 is 11.8 Å². The van der Waals surface area contributed by atoms with Crippen LogP contribution in [0.1, 0.15) is 58.4 Å². The molecule has 0 spiro atoms. The SMILES string of the molecule is O=C1c2ccccc2C(=O)N1CCCc1cccc(OCC2CCCC2)c1. The second-order valence-corrected chi connectivity index (χ2v) is 7.52. The molecule has 4 heteroatoms. The second kappa shape index (κ2) is 7.95. The summed E-state index contributed by atoms with van der Waals surface area (Å²) in [6, 6.07) is 15.2. The molecule has 4 nitrogen and oxygen atoms in total. The molecule has 1 aliphatic heterocycles. The molecule has 1 fully saturated rings. The first-order valence-electron chi connectivity index (χ1n) is 9.89. The van der Waals surface area contributed by atoms with Crippen molar-refractivity contribution in [2.24, 2.45) is 5.92 Å². The number of benzene rings is 2. The molecule has 0 atom stereocenters. The van der Waals surface area contributed by atoms with Crippen LogP contribution < -0.4 is 4.74 Å². The Bertz CT molecular complexity index is 804. The van der Waals surface area contributed by atoms with Crippen molar-refractivity contribution in [3.8, 4) is 5.75 Å². The van der Waals surface area contributed by atoms with Crippen LogP contribution in [0.4, 0.5) is 0 Å². The van der Waals surface area contributed by atoms with Gasteiger partial charge in [-0.05, 0) is 61.4 Å². The molecule has 1 heterocycles. The summed E-state index contributed by atoms with van der Waals surface area (Å²) < 4.78 is 5.97. The largest absolute Gasteiger partial charge is 0.493 e. The van der Waals surface area contributed by atoms with Gasteiger partial charge in [0.25, 0.3) is 11.8 Å². The van der Waals surface area contributed by atoms with Gasteiger partial charge in [0.1, 0.15) is 5.75 Å². The summed E-state index contributed by atoms with van der Waals surface area (Å²) in [5.74, 6) is 1.26. The van der Waals surface area contributed by atoms with Gasteiger partial charge in [-0.2, -0.15) is 0 Å². The number of carbonyl (C=O) groups excluding carboxylic acids is 2. The van der Waals surface area contributed by atoms with Crippen molar-refractivity contribution in [3.05, 3.63) is 65.2 Å². The number of rotatable bonds is 7. The van der Waals surface area contributed by atoms with E-state index in [1.165, 1.54) is 36.1 Å². The van der Waals surface area contributed by atoms with E-state index < -0.39 is 0 Å². The van der Waals surface area contributed by atoms with Crippen LogP contribution >= 0.6 is 0 Å². The predicted molar refractivity (Wildman–Crippen MR) is 104 cm³/mol. The first-order chi connectivity index (χ1) is 13.2. The fraction of sp³-hybridized carbons (Fsp3) is 0.391. The third kappa shape index (κ3) is 3.90. The molecule has 0 aromatic heterocycles. The lowest BCUT2D eigenvalue weighted by molar-refractivity contribution is 0.0652. The smallest absolute Gasteiger partial charge is 0.261 e. The third-order valence-corrected chi connectivity index (χ3v) is 5.58. The lowest BCUT2D eigenvalue weighted by atomic mass is 10.1. The molecule has 2 aromatic carbocycles. The fourth-order valence-electron chi connectivity index (χ4n) is 4.07. The average Bonchev–Trinajstić information content (AvgIpc) is 3.30. The van der Waals surface area contributed by atoms with Gasteiger partial charge in [-0.15, -0.1) is 0 Å². The Balaban J connectivity index is 1.30. The predicted octanol–water partition coefficient (Wildman–Crippen LogP) is 4.48. The molecule has 27 heavy (non-hydrogen) atoms. The maximum atomic E-state index is 12.4. The Hall–Kier alpha value is -2.62. The summed E-state index contributed by atoms with van der Waals surface area (Å²) in [6.45, 7) is 1.25. The Morgan fingerprint density at radius 2 is 1.63 bits per heavy atom. The third-order valence-electron chi connectivity index (χ3n) is 5.58. The van der Waals surface area contributed by atoms with Crippen molar-refractivity contribution in [2.45, 2.75) is 38.5 Å². The highest BCUT2D eigenvalue weighted by Gasteiger charge is 2.34. The summed E-state index contributed by atoms with van der Waals surface area (Å²) in [4.78, 5) is 26.2. The standard InChI is InChI=1S/C23H25NO3/c25-22-20-12-3-4-13-21(20)23(26)24(22)14-6-10-17-9-5-11-19(15-17)27-16-18-7-1-2-8-18/h3-5,9,11-13,15,18H,1-2,6-8,10,14,16H2. The van der Waals surface area contributed by atoms with Crippen LogP contribution in [0.2, 0.25) is 0 Å². The maximum absolute atomic E-state index is 12.4. The molecule has 140 valence electrons. The molecule has 1 saturated carbocycles. The van der Waals surface area contributed by atoms with Crippen LogP contribution in [0.15, 0.2) is 48.5 Å². The summed E-state index contributed by atoms with van der Waals surface area (Å²) in [6.07, 6.45) is 6.77. The number of hydrogen-bond donors (Lipinski definition) is 0. The van der Waals surface area contributed by atoms with E-state index in [9.17, 15) is 9.59 Å². The van der Waals surface area contributed by atoms with Gasteiger partial charge in [-0.3, -0.25) is 14.5 Å². The van der Waals surface area contributed by atoms with Gasteiger partial charge in [0, 0.05) is 6.54 Å². The summed E-state index contributed by atoms with van der Waals surface area (Å²) >= 11 is 0. The molecule has 2 aromatic rings. The quantitative estimate of drug-likeness (QED) is 0.681. The van der Waals surface area contributed by atoms with Crippen molar-refractivity contribution < 1.29 is 14.3 Å². The van der Waals surface area contributed by atoms with Gasteiger partial charge in [0.15, 0.2) is 0 Å². The topological polar surface area (TPSA) is 46.6 Å². The van der Waals surface area contributed by atoms with E-state index in [0.29, 0.717) is 23.6 Å². The summed E-state index contributed by atoms with van der Waals surface area (Å²) in [5, 5.41) is 0. The van der Waals surface area contributed by atoms with Crippen molar-refractivity contribution in [1.82, 2.24) is 4.90 Å². The number of ether oxygens (including phenoxy) is 1. The minimum atomic E-state index is -0.177. The highest BCUT2D eigenvalue weighted by Crippen LogP contribution is 2.26. The van der Waals surface area contributed by atoms with Crippen molar-refractivity contribution in [3.63, 3.8) is 0 Å². The number of hydrogen-bond acceptors (Lipinski definition) is 3. The zero-order chi connectivity index (χ0) is 18.6. The Morgan fingerprint density at radius 3 is 2.33 bits per heavy atom. The Kier molecular flexibility index (Phi) is 5.23. The van der Waals surface area contributed by atoms with Crippen LogP contribution in [-0.4, -0.2) is 29.9 Å². The van der Waals surface area contributed by atoms with Gasteiger partial charge in [0.05, 0.1) is 17.7 Å². The van der Waals surface area contributed by atoms with E-state index in [4.69, 9.17) is 4.74 Å². The lowest BCUT2D eigenvalue weighted by Gasteiger charge is -2.14. The maximum Gasteiger partial charge on any atom is 0.261 e. The van der Waals surface area contributed by atoms with Gasteiger partial charge < -0.3 is 4.74 Å². The van der Waals surface area contributed by atoms with Crippen LogP contribution in [0.25, 0.3) is 0 Å². The molecule has 0 unspecified atom stereocenters. The molecule has 0 saturated heterocycles. The lowest BCUT2D eigenvalue weighted by Crippen LogP contribution is -2.30. The van der Waals surface area contributed by atoms with Gasteiger partial charge >= 0.3 is 0 Å². The summed E-state index contributed by atoms with van der Waals surface area (Å²) in [5.41, 5.74) is 2.21. The van der Waals surface area contributed by atoms with Gasteiger partial charge in [-0.25, -0.2) is 0 Å². The number of nitrogens with zero attached hydrogens (tertiary/aromatic N) is 1. The highest BCUT2D eigenvalue weighted by atomic mass is 16.5. The normalized spacial score (nSPS) is 16.8. The number of aryl methyl sites for hydroxylation is 1. The molecular formula is C23H25NO3. The van der Waals surface area contributed by atoms with Crippen LogP contribution in [-0.2, 0) is 6.42 Å². The molecule has 2 amide bonds. The van der Waals surface area contributed by atoms with E-state index >= 15 is 0 Å². The molecule has 2 aliphatic rings. The summed E-state index contributed by atoms with van der Waals surface area (Å²) in [7, 11) is 0. The average molecular weight is 363 g/mol. The minimum Gasteiger partial charge on any atom is -0.493 e. The zero-order valence-corrected chi connectivity index (χ0v) is 15.5. The van der Waals surface area contributed by atoms with Crippen LogP contribution in [0, 0.1) is 5.92 Å². The second-order valence-electron chi connectivity index (χ2n) is 7.52. The molecule has 1 aliphatic carbocycles. The number of imide groups is 1. The minimum absolute atomic E-state index is 0.177. The van der Waals surface area contributed by atoms with Gasteiger partial charge in [-0.1, -0.05) is 37.1 Å². The van der Waals surface area contributed by atoms with Crippen LogP contribution in [0.5, 0.6) is 5.75 Å². The molecular weight excluding hydrogens is 338 g/mol. The zero-order valence-electron chi connectivity index (χ0n) is 15.5.